The molecule has 0 radical (unpaired) electrons. The molecule has 2 aliphatic rings. The summed E-state index contributed by atoms with van der Waals surface area (Å²) < 4.78 is 0. The first-order valence-corrected chi connectivity index (χ1v) is 10.2. The third kappa shape index (κ3) is 4.98. The largest absolute Gasteiger partial charge is 0.340 e. The fourth-order valence-electron chi connectivity index (χ4n) is 3.54. The maximum atomic E-state index is 12.6. The summed E-state index contributed by atoms with van der Waals surface area (Å²) in [5.74, 6) is 2.70. The van der Waals surface area contributed by atoms with Gasteiger partial charge in [0.1, 0.15) is 0 Å². The molecule has 4 nitrogen and oxygen atoms in total. The molecular formula is C19H29N3OS. The number of likely N-dealkylation sites (N-methyl/N-ethyl adjacent to an activating group) is 1. The topological polar surface area (TPSA) is 35.6 Å². The second-order valence-electron chi connectivity index (χ2n) is 6.98. The van der Waals surface area contributed by atoms with Crippen molar-refractivity contribution in [3.8, 4) is 0 Å². The van der Waals surface area contributed by atoms with Crippen LogP contribution in [0.25, 0.3) is 0 Å². The molecule has 0 aliphatic carbocycles. The number of hydrogen-bond acceptors (Lipinski definition) is 4. The van der Waals surface area contributed by atoms with E-state index in [9.17, 15) is 4.79 Å². The number of nitrogens with zero attached hydrogens (tertiary/aromatic N) is 2. The lowest BCUT2D eigenvalue weighted by molar-refractivity contribution is -0.133. The van der Waals surface area contributed by atoms with E-state index in [1.807, 2.05) is 17.8 Å². The second-order valence-corrected chi connectivity index (χ2v) is 8.13. The molecule has 1 aromatic rings. The quantitative estimate of drug-likeness (QED) is 0.856. The van der Waals surface area contributed by atoms with Gasteiger partial charge in [-0.2, -0.15) is 11.8 Å². The van der Waals surface area contributed by atoms with E-state index < -0.39 is 0 Å². The summed E-state index contributed by atoms with van der Waals surface area (Å²) in [5, 5.41) is 3.62. The highest BCUT2D eigenvalue weighted by Gasteiger charge is 2.27. The van der Waals surface area contributed by atoms with Crippen LogP contribution in [0, 0.1) is 0 Å². The van der Waals surface area contributed by atoms with Gasteiger partial charge < -0.3 is 10.2 Å². The number of nitrogens with one attached hydrogen (secondary N) is 1. The van der Waals surface area contributed by atoms with Crippen molar-refractivity contribution in [2.45, 2.75) is 37.9 Å². The van der Waals surface area contributed by atoms with Crippen LogP contribution in [0.4, 0.5) is 0 Å². The highest BCUT2D eigenvalue weighted by molar-refractivity contribution is 7.99. The van der Waals surface area contributed by atoms with Crippen molar-refractivity contribution >= 4 is 17.7 Å². The molecule has 5 heteroatoms. The van der Waals surface area contributed by atoms with Crippen LogP contribution in [-0.2, 0) is 11.3 Å². The Labute approximate surface area is 150 Å². The van der Waals surface area contributed by atoms with Crippen LogP contribution in [0.3, 0.4) is 0 Å². The van der Waals surface area contributed by atoms with Crippen LogP contribution in [-0.4, -0.2) is 66.0 Å². The van der Waals surface area contributed by atoms with E-state index in [2.05, 4.69) is 46.4 Å². The van der Waals surface area contributed by atoms with E-state index in [1.54, 1.807) is 0 Å². The molecule has 2 unspecified atom stereocenters. The SMILES string of the molecule is CN(CC(=O)N1CCCC(NCc2ccccc2)C1)C1CCSC1. The number of thioether (sulfide) groups is 1. The van der Waals surface area contributed by atoms with Crippen molar-refractivity contribution in [1.29, 1.82) is 0 Å². The van der Waals surface area contributed by atoms with E-state index >= 15 is 0 Å². The molecule has 1 N–H and O–H groups in total. The Balaban J connectivity index is 1.44. The zero-order chi connectivity index (χ0) is 16.8. The Morgan fingerprint density at radius 1 is 1.33 bits per heavy atom. The first-order chi connectivity index (χ1) is 11.7. The van der Waals surface area contributed by atoms with Gasteiger partial charge in [0.05, 0.1) is 6.54 Å². The number of piperidine rings is 1. The van der Waals surface area contributed by atoms with Crippen LogP contribution >= 0.6 is 11.8 Å². The first-order valence-electron chi connectivity index (χ1n) is 9.05. The summed E-state index contributed by atoms with van der Waals surface area (Å²) in [6.07, 6.45) is 3.47. The number of carbonyl (C=O) groups is 1. The summed E-state index contributed by atoms with van der Waals surface area (Å²) in [6, 6.07) is 11.5. The normalized spacial score (nSPS) is 24.5. The molecule has 3 rings (SSSR count). The summed E-state index contributed by atoms with van der Waals surface area (Å²) in [4.78, 5) is 16.9. The maximum absolute atomic E-state index is 12.6. The first kappa shape index (κ1) is 17.8. The number of benzene rings is 1. The summed E-state index contributed by atoms with van der Waals surface area (Å²) >= 11 is 2.00. The molecule has 24 heavy (non-hydrogen) atoms. The lowest BCUT2D eigenvalue weighted by Crippen LogP contribution is -2.51. The van der Waals surface area contributed by atoms with Crippen molar-refractivity contribution in [2.24, 2.45) is 0 Å². The number of amides is 1. The number of rotatable bonds is 6. The predicted octanol–water partition coefficient (Wildman–Crippen LogP) is 2.20. The van der Waals surface area contributed by atoms with Crippen LogP contribution in [0.1, 0.15) is 24.8 Å². The van der Waals surface area contributed by atoms with Gasteiger partial charge in [-0.15, -0.1) is 0 Å². The summed E-state index contributed by atoms with van der Waals surface area (Å²) in [6.45, 7) is 3.21. The molecule has 2 saturated heterocycles. The van der Waals surface area contributed by atoms with Crippen molar-refractivity contribution < 1.29 is 4.79 Å². The van der Waals surface area contributed by atoms with E-state index in [-0.39, 0.29) is 0 Å². The van der Waals surface area contributed by atoms with E-state index in [1.165, 1.54) is 23.5 Å². The minimum absolute atomic E-state index is 0.292. The predicted molar refractivity (Wildman–Crippen MR) is 101 cm³/mol. The van der Waals surface area contributed by atoms with Gasteiger partial charge in [0, 0.05) is 37.5 Å². The van der Waals surface area contributed by atoms with E-state index in [4.69, 9.17) is 0 Å². The zero-order valence-electron chi connectivity index (χ0n) is 14.6. The van der Waals surface area contributed by atoms with Gasteiger partial charge in [0.2, 0.25) is 5.91 Å². The molecule has 2 aliphatic heterocycles. The van der Waals surface area contributed by atoms with Crippen LogP contribution in [0.2, 0.25) is 0 Å². The summed E-state index contributed by atoms with van der Waals surface area (Å²) in [7, 11) is 2.10. The fraction of sp³-hybridized carbons (Fsp3) is 0.632. The van der Waals surface area contributed by atoms with E-state index in [0.717, 1.165) is 32.5 Å². The molecule has 0 saturated carbocycles. The van der Waals surface area contributed by atoms with Crippen molar-refractivity contribution in [3.63, 3.8) is 0 Å². The van der Waals surface area contributed by atoms with Gasteiger partial charge >= 0.3 is 0 Å². The Morgan fingerprint density at radius 2 is 2.17 bits per heavy atom. The Morgan fingerprint density at radius 3 is 2.92 bits per heavy atom. The van der Waals surface area contributed by atoms with E-state index in [0.29, 0.717) is 24.5 Å². The lowest BCUT2D eigenvalue weighted by atomic mass is 10.0. The molecule has 2 heterocycles. The molecule has 0 spiro atoms. The Kier molecular flexibility index (Phi) is 6.58. The van der Waals surface area contributed by atoms with Crippen molar-refractivity contribution in [3.05, 3.63) is 35.9 Å². The molecule has 2 atom stereocenters. The van der Waals surface area contributed by atoms with Crippen LogP contribution in [0.5, 0.6) is 0 Å². The van der Waals surface area contributed by atoms with Crippen LogP contribution < -0.4 is 5.32 Å². The molecule has 0 aromatic heterocycles. The highest BCUT2D eigenvalue weighted by Crippen LogP contribution is 2.21. The van der Waals surface area contributed by atoms with Gasteiger partial charge in [0.25, 0.3) is 0 Å². The number of hydrogen-bond donors (Lipinski definition) is 1. The third-order valence-electron chi connectivity index (χ3n) is 5.13. The summed E-state index contributed by atoms with van der Waals surface area (Å²) in [5.41, 5.74) is 1.31. The smallest absolute Gasteiger partial charge is 0.236 e. The zero-order valence-corrected chi connectivity index (χ0v) is 15.4. The average Bonchev–Trinajstić information content (AvgIpc) is 3.16. The number of carbonyl (C=O) groups excluding carboxylic acids is 1. The van der Waals surface area contributed by atoms with Gasteiger partial charge in [-0.3, -0.25) is 9.69 Å². The molecule has 2 fully saturated rings. The molecule has 0 bridgehead atoms. The minimum Gasteiger partial charge on any atom is -0.340 e. The Hall–Kier alpha value is -1.04. The minimum atomic E-state index is 0.292. The molecule has 1 aromatic carbocycles. The maximum Gasteiger partial charge on any atom is 0.236 e. The van der Waals surface area contributed by atoms with Crippen LogP contribution in [0.15, 0.2) is 30.3 Å². The van der Waals surface area contributed by atoms with Gasteiger partial charge in [0.15, 0.2) is 0 Å². The molecule has 132 valence electrons. The number of likely N-dealkylation sites (tertiary alicyclic amines) is 1. The van der Waals surface area contributed by atoms with Crippen molar-refractivity contribution in [2.75, 3.05) is 38.2 Å². The van der Waals surface area contributed by atoms with Gasteiger partial charge in [-0.1, -0.05) is 30.3 Å². The fourth-order valence-corrected chi connectivity index (χ4v) is 4.84. The third-order valence-corrected chi connectivity index (χ3v) is 6.27. The Bertz CT molecular complexity index is 519. The molecular weight excluding hydrogens is 318 g/mol. The van der Waals surface area contributed by atoms with Gasteiger partial charge in [-0.25, -0.2) is 0 Å². The lowest BCUT2D eigenvalue weighted by Gasteiger charge is -2.35. The van der Waals surface area contributed by atoms with Gasteiger partial charge in [-0.05, 0) is 37.6 Å². The van der Waals surface area contributed by atoms with Crippen molar-refractivity contribution in [1.82, 2.24) is 15.1 Å². The second kappa shape index (κ2) is 8.88. The average molecular weight is 348 g/mol. The molecule has 1 amide bonds. The standard InChI is InChI=1S/C19H29N3OS/c1-21(18-9-11-24-15-18)14-19(23)22-10-5-8-17(13-22)20-12-16-6-3-2-4-7-16/h2-4,6-7,17-18,20H,5,8-15H2,1H3. The highest BCUT2D eigenvalue weighted by atomic mass is 32.2. The monoisotopic (exact) mass is 347 g/mol.